The standard InChI is InChI=1S/C25H29NO3/c1-15-8-10-17(11-9-15)22-26-20(23(28)29-22)14-16-12-18(24(2,3)4)21(27)19(13-16)25(5,6)7/h8-14,27H,1-7H3/b20-14-. The number of phenols is 1. The molecule has 0 amide bonds. The molecule has 0 aliphatic carbocycles. The Labute approximate surface area is 173 Å². The molecule has 0 radical (unpaired) electrons. The van der Waals surface area contributed by atoms with E-state index >= 15 is 0 Å². The van der Waals surface area contributed by atoms with Gasteiger partial charge in [-0.05, 0) is 53.7 Å². The Kier molecular flexibility index (Phi) is 5.16. The second-order valence-electron chi connectivity index (χ2n) is 9.67. The van der Waals surface area contributed by atoms with Gasteiger partial charge in [-0.15, -0.1) is 0 Å². The number of aromatic hydroxyl groups is 1. The highest BCUT2D eigenvalue weighted by atomic mass is 16.6. The van der Waals surface area contributed by atoms with Crippen molar-refractivity contribution in [1.82, 2.24) is 0 Å². The van der Waals surface area contributed by atoms with E-state index in [1.54, 1.807) is 6.08 Å². The number of rotatable bonds is 2. The Balaban J connectivity index is 2.09. The monoisotopic (exact) mass is 391 g/mol. The first-order chi connectivity index (χ1) is 13.4. The van der Waals surface area contributed by atoms with Gasteiger partial charge in [-0.3, -0.25) is 0 Å². The van der Waals surface area contributed by atoms with Gasteiger partial charge in [-0.2, -0.15) is 0 Å². The number of phenolic OH excluding ortho intramolecular Hbond substituents is 1. The molecule has 2 aromatic rings. The van der Waals surface area contributed by atoms with Crippen LogP contribution in [-0.4, -0.2) is 17.0 Å². The summed E-state index contributed by atoms with van der Waals surface area (Å²) in [5.74, 6) is 0.153. The highest BCUT2D eigenvalue weighted by Crippen LogP contribution is 2.40. The molecule has 0 bridgehead atoms. The number of aryl methyl sites for hydroxylation is 1. The van der Waals surface area contributed by atoms with Crippen molar-refractivity contribution in [3.8, 4) is 5.75 Å². The number of nitrogens with zero attached hydrogens (tertiary/aromatic N) is 1. The van der Waals surface area contributed by atoms with E-state index in [-0.39, 0.29) is 16.5 Å². The molecule has 152 valence electrons. The molecule has 29 heavy (non-hydrogen) atoms. The van der Waals surface area contributed by atoms with Crippen molar-refractivity contribution in [3.05, 3.63) is 69.9 Å². The van der Waals surface area contributed by atoms with Gasteiger partial charge in [0.1, 0.15) is 5.75 Å². The highest BCUT2D eigenvalue weighted by molar-refractivity contribution is 6.12. The predicted molar refractivity (Wildman–Crippen MR) is 117 cm³/mol. The SMILES string of the molecule is Cc1ccc(C2=N/C(=C\c3cc(C(C)(C)C)c(O)c(C(C)(C)C)c3)C(=O)O2)cc1. The van der Waals surface area contributed by atoms with Gasteiger partial charge in [0.05, 0.1) is 0 Å². The average molecular weight is 392 g/mol. The Morgan fingerprint density at radius 2 is 1.45 bits per heavy atom. The first-order valence-corrected chi connectivity index (χ1v) is 9.84. The van der Waals surface area contributed by atoms with Crippen LogP contribution in [-0.2, 0) is 20.4 Å². The number of cyclic esters (lactones) is 1. The fraction of sp³-hybridized carbons (Fsp3) is 0.360. The van der Waals surface area contributed by atoms with Crippen LogP contribution in [0.4, 0.5) is 0 Å². The van der Waals surface area contributed by atoms with E-state index in [4.69, 9.17) is 4.74 Å². The third-order valence-corrected chi connectivity index (χ3v) is 4.97. The van der Waals surface area contributed by atoms with Crippen LogP contribution in [0.2, 0.25) is 0 Å². The largest absolute Gasteiger partial charge is 0.507 e. The summed E-state index contributed by atoms with van der Waals surface area (Å²) in [6, 6.07) is 11.5. The molecule has 0 saturated carbocycles. The van der Waals surface area contributed by atoms with Gasteiger partial charge in [-0.1, -0.05) is 59.2 Å². The molecule has 2 aromatic carbocycles. The van der Waals surface area contributed by atoms with Gasteiger partial charge in [0.2, 0.25) is 5.90 Å². The smallest absolute Gasteiger partial charge is 0.363 e. The predicted octanol–water partition coefficient (Wildman–Crippen LogP) is 5.64. The van der Waals surface area contributed by atoms with Crippen LogP contribution in [0, 0.1) is 6.92 Å². The maximum atomic E-state index is 12.4. The van der Waals surface area contributed by atoms with Gasteiger partial charge >= 0.3 is 5.97 Å². The number of hydrogen-bond acceptors (Lipinski definition) is 4. The number of ether oxygens (including phenoxy) is 1. The summed E-state index contributed by atoms with van der Waals surface area (Å²) in [4.78, 5) is 16.8. The van der Waals surface area contributed by atoms with Crippen LogP contribution < -0.4 is 0 Å². The minimum absolute atomic E-state index is 0.245. The lowest BCUT2D eigenvalue weighted by Crippen LogP contribution is -2.17. The number of carbonyl (C=O) groups excluding carboxylic acids is 1. The molecular weight excluding hydrogens is 362 g/mol. The number of hydrogen-bond donors (Lipinski definition) is 1. The summed E-state index contributed by atoms with van der Waals surface area (Å²) < 4.78 is 5.38. The normalized spacial score (nSPS) is 16.2. The molecule has 0 fully saturated rings. The fourth-order valence-electron chi connectivity index (χ4n) is 3.27. The first kappa shape index (κ1) is 20.8. The van der Waals surface area contributed by atoms with Gasteiger partial charge in [0.25, 0.3) is 0 Å². The van der Waals surface area contributed by atoms with Crippen LogP contribution in [0.25, 0.3) is 6.08 Å². The molecular formula is C25H29NO3. The van der Waals surface area contributed by atoms with Crippen LogP contribution in [0.1, 0.15) is 69.4 Å². The van der Waals surface area contributed by atoms with Crippen molar-refractivity contribution >= 4 is 17.9 Å². The van der Waals surface area contributed by atoms with Gasteiger partial charge in [0, 0.05) is 16.7 Å². The third kappa shape index (κ3) is 4.42. The third-order valence-electron chi connectivity index (χ3n) is 4.97. The topological polar surface area (TPSA) is 58.9 Å². The Hall–Kier alpha value is -2.88. The maximum Gasteiger partial charge on any atom is 0.363 e. The Morgan fingerprint density at radius 1 is 0.931 bits per heavy atom. The molecule has 0 atom stereocenters. The quantitative estimate of drug-likeness (QED) is 0.532. The number of aliphatic imine (C=N–C) groups is 1. The summed E-state index contributed by atoms with van der Waals surface area (Å²) >= 11 is 0. The second kappa shape index (κ2) is 7.18. The zero-order valence-corrected chi connectivity index (χ0v) is 18.3. The summed E-state index contributed by atoms with van der Waals surface area (Å²) in [6.07, 6.45) is 1.73. The fourth-order valence-corrected chi connectivity index (χ4v) is 3.27. The average Bonchev–Trinajstić information content (AvgIpc) is 2.95. The van der Waals surface area contributed by atoms with E-state index in [2.05, 4.69) is 46.5 Å². The molecule has 0 saturated heterocycles. The van der Waals surface area contributed by atoms with Crippen molar-refractivity contribution in [2.75, 3.05) is 0 Å². The summed E-state index contributed by atoms with van der Waals surface area (Å²) in [5.41, 5.74) is 4.16. The molecule has 4 nitrogen and oxygen atoms in total. The van der Waals surface area contributed by atoms with E-state index in [1.807, 2.05) is 43.3 Å². The molecule has 3 rings (SSSR count). The second-order valence-corrected chi connectivity index (χ2v) is 9.67. The van der Waals surface area contributed by atoms with Crippen molar-refractivity contribution in [3.63, 3.8) is 0 Å². The Bertz CT molecular complexity index is 979. The molecule has 1 aliphatic heterocycles. The summed E-state index contributed by atoms with van der Waals surface area (Å²) in [7, 11) is 0. The Morgan fingerprint density at radius 3 is 1.93 bits per heavy atom. The highest BCUT2D eigenvalue weighted by Gasteiger charge is 2.28. The maximum absolute atomic E-state index is 12.4. The lowest BCUT2D eigenvalue weighted by molar-refractivity contribution is -0.129. The van der Waals surface area contributed by atoms with Gasteiger partial charge in [0.15, 0.2) is 5.70 Å². The van der Waals surface area contributed by atoms with Crippen LogP contribution in [0.5, 0.6) is 5.75 Å². The van der Waals surface area contributed by atoms with E-state index in [0.717, 1.165) is 27.8 Å². The zero-order valence-electron chi connectivity index (χ0n) is 18.3. The number of carbonyl (C=O) groups is 1. The van der Waals surface area contributed by atoms with Crippen molar-refractivity contribution < 1.29 is 14.6 Å². The minimum Gasteiger partial charge on any atom is -0.507 e. The lowest BCUT2D eigenvalue weighted by atomic mass is 9.78. The first-order valence-electron chi connectivity index (χ1n) is 9.84. The van der Waals surface area contributed by atoms with E-state index in [9.17, 15) is 9.90 Å². The lowest BCUT2D eigenvalue weighted by Gasteiger charge is -2.27. The molecule has 0 aromatic heterocycles. The van der Waals surface area contributed by atoms with Crippen molar-refractivity contribution in [2.45, 2.75) is 59.3 Å². The van der Waals surface area contributed by atoms with E-state index in [1.165, 1.54) is 0 Å². The molecule has 1 N–H and O–H groups in total. The molecule has 0 unspecified atom stereocenters. The van der Waals surface area contributed by atoms with Gasteiger partial charge in [-0.25, -0.2) is 9.79 Å². The van der Waals surface area contributed by atoms with Gasteiger partial charge < -0.3 is 9.84 Å². The van der Waals surface area contributed by atoms with E-state index in [0.29, 0.717) is 11.6 Å². The van der Waals surface area contributed by atoms with Crippen molar-refractivity contribution in [1.29, 1.82) is 0 Å². The van der Waals surface area contributed by atoms with E-state index < -0.39 is 5.97 Å². The molecule has 0 spiro atoms. The number of benzene rings is 2. The zero-order chi connectivity index (χ0) is 21.6. The summed E-state index contributed by atoms with van der Waals surface area (Å²) in [6.45, 7) is 14.4. The number of esters is 1. The summed E-state index contributed by atoms with van der Waals surface area (Å²) in [5, 5.41) is 10.9. The van der Waals surface area contributed by atoms with Crippen LogP contribution >= 0.6 is 0 Å². The molecule has 4 heteroatoms. The molecule has 1 aliphatic rings. The van der Waals surface area contributed by atoms with Crippen LogP contribution in [0.3, 0.4) is 0 Å². The molecule has 1 heterocycles. The van der Waals surface area contributed by atoms with Crippen molar-refractivity contribution in [2.24, 2.45) is 4.99 Å². The minimum atomic E-state index is -0.469. The van der Waals surface area contributed by atoms with Crippen LogP contribution in [0.15, 0.2) is 47.1 Å².